The molecule has 2 heterocycles. The van der Waals surface area contributed by atoms with Gasteiger partial charge in [-0.3, -0.25) is 9.88 Å². The number of likely N-dealkylation sites (N-methyl/N-ethyl adjacent to an activating group) is 1. The Hall–Kier alpha value is -1.21. The Bertz CT molecular complexity index is 450. The average Bonchev–Trinajstić information content (AvgIpc) is 2.50. The van der Waals surface area contributed by atoms with E-state index in [1.807, 2.05) is 0 Å². The predicted molar refractivity (Wildman–Crippen MR) is 82.5 cm³/mol. The summed E-state index contributed by atoms with van der Waals surface area (Å²) in [5.41, 5.74) is 0.688. The van der Waals surface area contributed by atoms with Crippen LogP contribution in [0, 0.1) is 0 Å². The molecular formula is C14H21ClN4O2. The highest BCUT2D eigenvalue weighted by Gasteiger charge is 2.17. The third-order valence-electron chi connectivity index (χ3n) is 3.38. The molecule has 1 aromatic heterocycles. The third-order valence-corrected chi connectivity index (χ3v) is 3.66. The van der Waals surface area contributed by atoms with Crippen LogP contribution in [0.1, 0.15) is 5.56 Å². The number of nitrogens with zero attached hydrogens (tertiary/aromatic N) is 4. The number of oxime groups is 1. The summed E-state index contributed by atoms with van der Waals surface area (Å²) >= 11 is 5.99. The van der Waals surface area contributed by atoms with Gasteiger partial charge < -0.3 is 14.8 Å². The molecule has 0 aromatic carbocycles. The van der Waals surface area contributed by atoms with E-state index in [0.717, 1.165) is 26.2 Å². The molecule has 0 spiro atoms. The minimum Gasteiger partial charge on any atom is -0.392 e. The van der Waals surface area contributed by atoms with E-state index in [1.54, 1.807) is 24.5 Å². The first-order chi connectivity index (χ1) is 10.1. The van der Waals surface area contributed by atoms with Crippen molar-refractivity contribution < 1.29 is 9.94 Å². The fourth-order valence-corrected chi connectivity index (χ4v) is 2.26. The monoisotopic (exact) mass is 312 g/mol. The van der Waals surface area contributed by atoms with Crippen LogP contribution in [-0.4, -0.2) is 77.5 Å². The molecule has 1 saturated heterocycles. The molecule has 21 heavy (non-hydrogen) atoms. The van der Waals surface area contributed by atoms with Crippen molar-refractivity contribution in [2.75, 3.05) is 46.4 Å². The molecule has 0 aliphatic carbocycles. The van der Waals surface area contributed by atoms with E-state index in [4.69, 9.17) is 16.4 Å². The minimum atomic E-state index is -0.574. The quantitative estimate of drug-likeness (QED) is 0.616. The molecule has 0 bridgehead atoms. The van der Waals surface area contributed by atoms with Gasteiger partial charge in [0.1, 0.15) is 12.7 Å². The Balaban J connectivity index is 1.70. The first-order valence-electron chi connectivity index (χ1n) is 7.00. The molecule has 1 aromatic rings. The van der Waals surface area contributed by atoms with Crippen molar-refractivity contribution in [2.24, 2.45) is 5.16 Å². The van der Waals surface area contributed by atoms with Crippen LogP contribution in [0.4, 0.5) is 0 Å². The maximum atomic E-state index is 9.95. The molecule has 2 rings (SSSR count). The number of aliphatic hydroxyl groups is 1. The van der Waals surface area contributed by atoms with Crippen molar-refractivity contribution in [3.63, 3.8) is 0 Å². The zero-order chi connectivity index (χ0) is 15.1. The fraction of sp³-hybridized carbons (Fsp3) is 0.571. The van der Waals surface area contributed by atoms with Crippen molar-refractivity contribution in [1.82, 2.24) is 14.8 Å². The molecule has 6 nitrogen and oxygen atoms in total. The van der Waals surface area contributed by atoms with Gasteiger partial charge in [0, 0.05) is 50.7 Å². The van der Waals surface area contributed by atoms with Gasteiger partial charge in [-0.05, 0) is 19.2 Å². The summed E-state index contributed by atoms with van der Waals surface area (Å²) < 4.78 is 0. The van der Waals surface area contributed by atoms with Crippen molar-refractivity contribution in [3.8, 4) is 0 Å². The highest BCUT2D eigenvalue weighted by atomic mass is 35.5. The normalized spacial score (nSPS) is 19.5. The zero-order valence-electron chi connectivity index (χ0n) is 12.2. The van der Waals surface area contributed by atoms with Gasteiger partial charge in [-0.15, -0.1) is 0 Å². The van der Waals surface area contributed by atoms with Gasteiger partial charge in [-0.2, -0.15) is 0 Å². The molecular weight excluding hydrogens is 292 g/mol. The lowest BCUT2D eigenvalue weighted by Crippen LogP contribution is -2.47. The number of pyridine rings is 1. The highest BCUT2D eigenvalue weighted by Crippen LogP contribution is 2.04. The Kier molecular flexibility index (Phi) is 6.38. The Labute approximate surface area is 130 Å². The lowest BCUT2D eigenvalue weighted by molar-refractivity contribution is 0.0111. The summed E-state index contributed by atoms with van der Waals surface area (Å²) in [5.74, 6) is 0. The number of β-amino-alcohol motifs (C(OH)–C–C–N with tert-alkyl or cyclic N) is 1. The number of piperazine rings is 1. The SMILES string of the molecule is CN1CCN(CC(O)CON=C(Cl)c2cccnc2)CC1. The molecule has 1 aliphatic heterocycles. The molecule has 7 heteroatoms. The second-order valence-corrected chi connectivity index (χ2v) is 5.54. The van der Waals surface area contributed by atoms with Gasteiger partial charge in [0.05, 0.1) is 0 Å². The maximum Gasteiger partial charge on any atom is 0.177 e. The van der Waals surface area contributed by atoms with E-state index in [2.05, 4.69) is 27.0 Å². The number of rotatable bonds is 6. The summed E-state index contributed by atoms with van der Waals surface area (Å²) in [4.78, 5) is 13.6. The van der Waals surface area contributed by atoms with Gasteiger partial charge in [-0.25, -0.2) is 0 Å². The molecule has 1 atom stereocenters. The zero-order valence-corrected chi connectivity index (χ0v) is 12.9. The van der Waals surface area contributed by atoms with E-state index in [0.29, 0.717) is 12.1 Å². The van der Waals surface area contributed by atoms with Crippen LogP contribution in [0.15, 0.2) is 29.7 Å². The van der Waals surface area contributed by atoms with Crippen LogP contribution >= 0.6 is 11.6 Å². The smallest absolute Gasteiger partial charge is 0.177 e. The predicted octanol–water partition coefficient (Wildman–Crippen LogP) is 0.607. The number of aromatic nitrogens is 1. The average molecular weight is 313 g/mol. The van der Waals surface area contributed by atoms with Crippen molar-refractivity contribution in [1.29, 1.82) is 0 Å². The number of hydrogen-bond donors (Lipinski definition) is 1. The molecule has 116 valence electrons. The van der Waals surface area contributed by atoms with Crippen LogP contribution in [0.2, 0.25) is 0 Å². The second kappa shape index (κ2) is 8.29. The van der Waals surface area contributed by atoms with Gasteiger partial charge in [0.2, 0.25) is 0 Å². The Morgan fingerprint density at radius 3 is 2.90 bits per heavy atom. The van der Waals surface area contributed by atoms with E-state index in [-0.39, 0.29) is 11.8 Å². The van der Waals surface area contributed by atoms with E-state index >= 15 is 0 Å². The first-order valence-corrected chi connectivity index (χ1v) is 7.38. The molecule has 1 aliphatic rings. The largest absolute Gasteiger partial charge is 0.392 e. The van der Waals surface area contributed by atoms with Crippen LogP contribution < -0.4 is 0 Å². The van der Waals surface area contributed by atoms with Gasteiger partial charge in [-0.1, -0.05) is 16.8 Å². The number of hydrogen-bond acceptors (Lipinski definition) is 6. The number of aliphatic hydroxyl groups excluding tert-OH is 1. The van der Waals surface area contributed by atoms with Crippen LogP contribution in [0.3, 0.4) is 0 Å². The molecule has 1 unspecified atom stereocenters. The summed E-state index contributed by atoms with van der Waals surface area (Å²) in [5, 5.41) is 14.0. The molecule has 1 fully saturated rings. The highest BCUT2D eigenvalue weighted by molar-refractivity contribution is 6.69. The van der Waals surface area contributed by atoms with E-state index in [1.165, 1.54) is 0 Å². The fourth-order valence-electron chi connectivity index (χ4n) is 2.10. The molecule has 0 amide bonds. The van der Waals surface area contributed by atoms with E-state index < -0.39 is 6.10 Å². The summed E-state index contributed by atoms with van der Waals surface area (Å²) in [6.07, 6.45) is 2.69. The van der Waals surface area contributed by atoms with Crippen LogP contribution in [0.5, 0.6) is 0 Å². The molecule has 1 N–H and O–H groups in total. The van der Waals surface area contributed by atoms with Crippen LogP contribution in [-0.2, 0) is 4.84 Å². The standard InChI is InChI=1S/C14H21ClN4O2/c1-18-5-7-19(8-6-18)10-13(20)11-21-17-14(15)12-3-2-4-16-9-12/h2-4,9,13,20H,5-8,10-11H2,1H3. The topological polar surface area (TPSA) is 61.2 Å². The van der Waals surface area contributed by atoms with Gasteiger partial charge >= 0.3 is 0 Å². The van der Waals surface area contributed by atoms with Crippen molar-refractivity contribution in [3.05, 3.63) is 30.1 Å². The lowest BCUT2D eigenvalue weighted by atomic mass is 10.3. The van der Waals surface area contributed by atoms with Gasteiger partial charge in [0.25, 0.3) is 0 Å². The summed E-state index contributed by atoms with van der Waals surface area (Å²) in [6, 6.07) is 3.57. The van der Waals surface area contributed by atoms with Crippen LogP contribution in [0.25, 0.3) is 0 Å². The van der Waals surface area contributed by atoms with Crippen molar-refractivity contribution >= 4 is 16.8 Å². The summed E-state index contributed by atoms with van der Waals surface area (Å²) in [7, 11) is 2.10. The molecule has 0 radical (unpaired) electrons. The van der Waals surface area contributed by atoms with Crippen molar-refractivity contribution in [2.45, 2.75) is 6.10 Å². The number of halogens is 1. The summed E-state index contributed by atoms with van der Waals surface area (Å²) in [6.45, 7) is 4.70. The Morgan fingerprint density at radius 1 is 1.48 bits per heavy atom. The maximum absolute atomic E-state index is 9.95. The first kappa shape index (κ1) is 16.2. The van der Waals surface area contributed by atoms with E-state index in [9.17, 15) is 5.11 Å². The second-order valence-electron chi connectivity index (χ2n) is 5.18. The lowest BCUT2D eigenvalue weighted by Gasteiger charge is -2.33. The Morgan fingerprint density at radius 2 is 2.24 bits per heavy atom. The molecule has 0 saturated carbocycles. The minimum absolute atomic E-state index is 0.128. The van der Waals surface area contributed by atoms with Gasteiger partial charge in [0.15, 0.2) is 5.17 Å². The third kappa shape index (κ3) is 5.59.